The number of nitrogens with zero attached hydrogens (tertiary/aromatic N) is 1. The van der Waals surface area contributed by atoms with Crippen LogP contribution in [0.4, 0.5) is 5.69 Å². The van der Waals surface area contributed by atoms with E-state index in [0.29, 0.717) is 11.1 Å². The zero-order valence-electron chi connectivity index (χ0n) is 13.1. The first-order chi connectivity index (χ1) is 11.6. The van der Waals surface area contributed by atoms with Crippen molar-refractivity contribution in [2.24, 2.45) is 0 Å². The topological polar surface area (TPSA) is 69.4 Å². The summed E-state index contributed by atoms with van der Waals surface area (Å²) in [6.07, 6.45) is 5.54. The van der Waals surface area contributed by atoms with E-state index in [0.717, 1.165) is 5.56 Å². The van der Waals surface area contributed by atoms with Crippen molar-refractivity contribution in [3.05, 3.63) is 81.4 Å². The van der Waals surface area contributed by atoms with E-state index in [2.05, 4.69) is 5.92 Å². The van der Waals surface area contributed by atoms with Gasteiger partial charge < -0.3 is 4.74 Å². The molecule has 5 nitrogen and oxygen atoms in total. The van der Waals surface area contributed by atoms with Gasteiger partial charge in [0, 0.05) is 17.7 Å². The maximum atomic E-state index is 12.2. The molecule has 0 aliphatic heterocycles. The maximum absolute atomic E-state index is 12.2. The molecule has 0 bridgehead atoms. The van der Waals surface area contributed by atoms with Crippen LogP contribution in [0.25, 0.3) is 5.57 Å². The van der Waals surface area contributed by atoms with Crippen molar-refractivity contribution >= 4 is 17.2 Å². The Morgan fingerprint density at radius 1 is 1.12 bits per heavy atom. The van der Waals surface area contributed by atoms with Gasteiger partial charge in [-0.3, -0.25) is 10.1 Å². The van der Waals surface area contributed by atoms with Gasteiger partial charge in [-0.15, -0.1) is 6.42 Å². The van der Waals surface area contributed by atoms with Crippen molar-refractivity contribution in [3.63, 3.8) is 0 Å². The molecule has 0 unspecified atom stereocenters. The third-order valence-corrected chi connectivity index (χ3v) is 3.30. The van der Waals surface area contributed by atoms with E-state index in [4.69, 9.17) is 11.2 Å². The van der Waals surface area contributed by atoms with Crippen LogP contribution in [-0.2, 0) is 9.53 Å². The molecule has 0 aromatic heterocycles. The van der Waals surface area contributed by atoms with Crippen molar-refractivity contribution in [2.45, 2.75) is 6.92 Å². The minimum Gasteiger partial charge on any atom is -0.462 e. The van der Waals surface area contributed by atoms with Gasteiger partial charge in [0.05, 0.1) is 11.5 Å². The predicted molar refractivity (Wildman–Crippen MR) is 91.0 cm³/mol. The van der Waals surface area contributed by atoms with Crippen molar-refractivity contribution in [1.29, 1.82) is 0 Å². The summed E-state index contributed by atoms with van der Waals surface area (Å²) in [4.78, 5) is 22.5. The second-order valence-corrected chi connectivity index (χ2v) is 4.78. The van der Waals surface area contributed by atoms with E-state index in [1.165, 1.54) is 12.1 Å². The quantitative estimate of drug-likeness (QED) is 0.277. The first kappa shape index (κ1) is 17.0. The zero-order valence-corrected chi connectivity index (χ0v) is 13.1. The Labute approximate surface area is 139 Å². The fourth-order valence-electron chi connectivity index (χ4n) is 2.25. The molecule has 0 saturated heterocycles. The fourth-order valence-corrected chi connectivity index (χ4v) is 2.25. The SMILES string of the molecule is C#C/C(C(=O)OCC)=C(\c1ccccc1)c1ccc([N+](=O)[O-])cc1. The second kappa shape index (κ2) is 7.75. The minimum atomic E-state index is -0.600. The van der Waals surface area contributed by atoms with E-state index >= 15 is 0 Å². The number of carbonyl (C=O) groups is 1. The summed E-state index contributed by atoms with van der Waals surface area (Å²) < 4.78 is 5.03. The Morgan fingerprint density at radius 2 is 1.71 bits per heavy atom. The lowest BCUT2D eigenvalue weighted by atomic mass is 9.93. The lowest BCUT2D eigenvalue weighted by Crippen LogP contribution is -2.09. The number of hydrogen-bond donors (Lipinski definition) is 0. The average molecular weight is 321 g/mol. The fraction of sp³-hybridized carbons (Fsp3) is 0.105. The number of carbonyl (C=O) groups excluding carboxylic acids is 1. The first-order valence-corrected chi connectivity index (χ1v) is 7.26. The molecule has 0 N–H and O–H groups in total. The van der Waals surface area contributed by atoms with Crippen LogP contribution in [0.3, 0.4) is 0 Å². The standard InChI is InChI=1S/C19H15NO4/c1-3-17(19(21)24-4-2)18(14-8-6-5-7-9-14)15-10-12-16(13-11-15)20(22)23/h1,5-13H,4H2,2H3/b18-17-. The van der Waals surface area contributed by atoms with Crippen LogP contribution < -0.4 is 0 Å². The highest BCUT2D eigenvalue weighted by Gasteiger charge is 2.18. The number of non-ortho nitro benzene ring substituents is 1. The molecule has 0 heterocycles. The summed E-state index contributed by atoms with van der Waals surface area (Å²) in [7, 11) is 0. The molecule has 0 amide bonds. The summed E-state index contributed by atoms with van der Waals surface area (Å²) in [6.45, 7) is 1.90. The van der Waals surface area contributed by atoms with Gasteiger partial charge in [0.2, 0.25) is 0 Å². The van der Waals surface area contributed by atoms with E-state index in [9.17, 15) is 14.9 Å². The molecule has 0 atom stereocenters. The molecule has 0 saturated carbocycles. The molecule has 0 fully saturated rings. The highest BCUT2D eigenvalue weighted by molar-refractivity contribution is 6.05. The summed E-state index contributed by atoms with van der Waals surface area (Å²) in [5, 5.41) is 10.8. The van der Waals surface area contributed by atoms with E-state index < -0.39 is 10.9 Å². The Balaban J connectivity index is 2.65. The second-order valence-electron chi connectivity index (χ2n) is 4.78. The van der Waals surface area contributed by atoms with Gasteiger partial charge in [0.25, 0.3) is 5.69 Å². The molecule has 24 heavy (non-hydrogen) atoms. The molecule has 0 spiro atoms. The number of terminal acetylenes is 1. The molecule has 5 heteroatoms. The summed E-state index contributed by atoms with van der Waals surface area (Å²) in [5.41, 5.74) is 1.88. The molecule has 2 aromatic carbocycles. The summed E-state index contributed by atoms with van der Waals surface area (Å²) in [6, 6.07) is 15.0. The number of hydrogen-bond acceptors (Lipinski definition) is 4. The van der Waals surface area contributed by atoms with Gasteiger partial charge in [0.15, 0.2) is 0 Å². The third kappa shape index (κ3) is 3.68. The number of nitro benzene ring substituents is 1. The molecular formula is C19H15NO4. The van der Waals surface area contributed by atoms with Crippen molar-refractivity contribution in [2.75, 3.05) is 6.61 Å². The number of benzene rings is 2. The highest BCUT2D eigenvalue weighted by atomic mass is 16.6. The first-order valence-electron chi connectivity index (χ1n) is 7.26. The largest absolute Gasteiger partial charge is 0.462 e. The Bertz CT molecular complexity index is 815. The van der Waals surface area contributed by atoms with E-state index in [1.807, 2.05) is 30.3 Å². The molecule has 0 aliphatic rings. The van der Waals surface area contributed by atoms with Gasteiger partial charge in [-0.05, 0) is 30.2 Å². The van der Waals surface area contributed by atoms with Crippen molar-refractivity contribution in [1.82, 2.24) is 0 Å². The monoisotopic (exact) mass is 321 g/mol. The number of rotatable bonds is 5. The van der Waals surface area contributed by atoms with Crippen LogP contribution in [0.15, 0.2) is 60.2 Å². The number of ether oxygens (including phenoxy) is 1. The lowest BCUT2D eigenvalue weighted by molar-refractivity contribution is -0.384. The maximum Gasteiger partial charge on any atom is 0.347 e. The number of esters is 1. The van der Waals surface area contributed by atoms with Gasteiger partial charge in [-0.1, -0.05) is 36.3 Å². The molecule has 0 radical (unpaired) electrons. The normalized spacial score (nSPS) is 11.2. The average Bonchev–Trinajstić information content (AvgIpc) is 2.60. The Morgan fingerprint density at radius 3 is 2.21 bits per heavy atom. The van der Waals surface area contributed by atoms with Crippen LogP contribution >= 0.6 is 0 Å². The summed E-state index contributed by atoms with van der Waals surface area (Å²) >= 11 is 0. The van der Waals surface area contributed by atoms with Gasteiger partial charge in [0.1, 0.15) is 5.57 Å². The van der Waals surface area contributed by atoms with Crippen LogP contribution in [0.1, 0.15) is 18.1 Å². The van der Waals surface area contributed by atoms with E-state index in [1.54, 1.807) is 19.1 Å². The highest BCUT2D eigenvalue weighted by Crippen LogP contribution is 2.28. The minimum absolute atomic E-state index is 0.0374. The van der Waals surface area contributed by atoms with Crippen LogP contribution in [0.2, 0.25) is 0 Å². The Kier molecular flexibility index (Phi) is 5.48. The number of nitro groups is 1. The molecular weight excluding hydrogens is 306 g/mol. The van der Waals surface area contributed by atoms with Crippen LogP contribution in [0.5, 0.6) is 0 Å². The summed E-state index contributed by atoms with van der Waals surface area (Å²) in [5.74, 6) is 1.79. The van der Waals surface area contributed by atoms with E-state index in [-0.39, 0.29) is 17.9 Å². The molecule has 0 aliphatic carbocycles. The third-order valence-electron chi connectivity index (χ3n) is 3.30. The molecule has 2 rings (SSSR count). The van der Waals surface area contributed by atoms with Crippen LogP contribution in [-0.4, -0.2) is 17.5 Å². The lowest BCUT2D eigenvalue weighted by Gasteiger charge is -2.12. The predicted octanol–water partition coefficient (Wildman–Crippen LogP) is 3.59. The molecule has 2 aromatic rings. The van der Waals surface area contributed by atoms with Gasteiger partial charge >= 0.3 is 5.97 Å². The van der Waals surface area contributed by atoms with Gasteiger partial charge in [-0.25, -0.2) is 4.79 Å². The zero-order chi connectivity index (χ0) is 17.5. The smallest absolute Gasteiger partial charge is 0.347 e. The molecule has 120 valence electrons. The van der Waals surface area contributed by atoms with Gasteiger partial charge in [-0.2, -0.15) is 0 Å². The van der Waals surface area contributed by atoms with Crippen molar-refractivity contribution in [3.8, 4) is 12.3 Å². The van der Waals surface area contributed by atoms with Crippen molar-refractivity contribution < 1.29 is 14.5 Å². The van der Waals surface area contributed by atoms with Crippen LogP contribution in [0, 0.1) is 22.5 Å². The Hall–Kier alpha value is -3.39.